The molecule has 13 heteroatoms. The molecule has 2 aromatic rings. The number of terminal acetylenes is 1. The normalized spacial score (nSPS) is 15.1. The van der Waals surface area contributed by atoms with Gasteiger partial charge < -0.3 is 9.64 Å². The van der Waals surface area contributed by atoms with Gasteiger partial charge >= 0.3 is 0 Å². The molecule has 1 heterocycles. The lowest BCUT2D eigenvalue weighted by Gasteiger charge is -2.23. The molecule has 1 amide bonds. The van der Waals surface area contributed by atoms with Crippen LogP contribution < -0.4 is 9.91 Å². The van der Waals surface area contributed by atoms with E-state index >= 15 is 0 Å². The van der Waals surface area contributed by atoms with Crippen molar-refractivity contribution in [3.05, 3.63) is 59.2 Å². The third kappa shape index (κ3) is 6.29. The second-order valence-electron chi connectivity index (χ2n) is 7.68. The molecule has 0 radical (unpaired) electrons. The molecular weight excluding hydrogens is 510 g/mol. The zero-order chi connectivity index (χ0) is 26.7. The number of benzene rings is 2. The Bertz CT molecular complexity index is 1490. The average Bonchev–Trinajstić information content (AvgIpc) is 3.10. The van der Waals surface area contributed by atoms with E-state index in [4.69, 9.17) is 20.3 Å². The molecule has 0 atom stereocenters. The third-order valence-electron chi connectivity index (χ3n) is 5.30. The van der Waals surface area contributed by atoms with Gasteiger partial charge in [-0.05, 0) is 67.4 Å². The fraction of sp³-hybridized carbons (Fsp3) is 0.217. The minimum Gasteiger partial charge on any atom is -0.385 e. The van der Waals surface area contributed by atoms with Gasteiger partial charge in [0.2, 0.25) is 0 Å². The van der Waals surface area contributed by atoms with Crippen LogP contribution in [0.25, 0.3) is 6.08 Å². The fourth-order valence-electron chi connectivity index (χ4n) is 3.45. The maximum absolute atomic E-state index is 13.1. The molecule has 0 saturated heterocycles. The largest absolute Gasteiger partial charge is 0.385 e. The van der Waals surface area contributed by atoms with Crippen molar-refractivity contribution in [3.63, 3.8) is 0 Å². The highest BCUT2D eigenvalue weighted by molar-refractivity contribution is 7.86. The van der Waals surface area contributed by atoms with Gasteiger partial charge in [-0.15, -0.1) is 5.10 Å². The standard InChI is InChI=1S/C23H23N3O8S2/c1-4-25(12-13-35(28,29)30)19-7-6-17(16(3)14-19)15-21-22(34-5-2)24-26(23(21)27)18-8-10-20(11-9-18)36(31,32)33/h2,6-11,14-15H,4,12-13H2,1,3H3,(H,28,29,30)(H,31,32,33)/b21-15-. The molecule has 0 aliphatic carbocycles. The maximum atomic E-state index is 13.1. The van der Waals surface area contributed by atoms with Gasteiger partial charge in [0.1, 0.15) is 11.7 Å². The van der Waals surface area contributed by atoms with Crippen LogP contribution in [0.4, 0.5) is 11.4 Å². The van der Waals surface area contributed by atoms with Crippen molar-refractivity contribution < 1.29 is 35.5 Å². The lowest BCUT2D eigenvalue weighted by Crippen LogP contribution is -2.29. The van der Waals surface area contributed by atoms with Crippen molar-refractivity contribution in [3.8, 4) is 12.5 Å². The molecule has 0 spiro atoms. The summed E-state index contributed by atoms with van der Waals surface area (Å²) in [6.45, 7) is 4.26. The highest BCUT2D eigenvalue weighted by atomic mass is 32.2. The van der Waals surface area contributed by atoms with E-state index in [1.807, 2.05) is 19.1 Å². The van der Waals surface area contributed by atoms with Crippen LogP contribution in [0.1, 0.15) is 18.1 Å². The van der Waals surface area contributed by atoms with Gasteiger partial charge in [0.15, 0.2) is 0 Å². The van der Waals surface area contributed by atoms with Crippen molar-refractivity contribution in [1.29, 1.82) is 0 Å². The number of carbonyl (C=O) groups is 1. The lowest BCUT2D eigenvalue weighted by molar-refractivity contribution is -0.114. The third-order valence-corrected chi connectivity index (χ3v) is 6.86. The van der Waals surface area contributed by atoms with E-state index in [-0.39, 0.29) is 28.6 Å². The van der Waals surface area contributed by atoms with Crippen LogP contribution in [0.5, 0.6) is 0 Å². The zero-order valence-electron chi connectivity index (χ0n) is 19.3. The van der Waals surface area contributed by atoms with E-state index in [2.05, 4.69) is 5.10 Å². The predicted molar refractivity (Wildman–Crippen MR) is 135 cm³/mol. The first-order valence-corrected chi connectivity index (χ1v) is 13.5. The maximum Gasteiger partial charge on any atom is 0.294 e. The highest BCUT2D eigenvalue weighted by Crippen LogP contribution is 2.28. The molecule has 190 valence electrons. The lowest BCUT2D eigenvalue weighted by atomic mass is 10.0. The summed E-state index contributed by atoms with van der Waals surface area (Å²) in [5, 5.41) is 5.09. The van der Waals surface area contributed by atoms with Crippen LogP contribution in [0, 0.1) is 19.5 Å². The van der Waals surface area contributed by atoms with E-state index in [0.29, 0.717) is 12.1 Å². The molecule has 0 fully saturated rings. The molecule has 0 aromatic heterocycles. The quantitative estimate of drug-likeness (QED) is 0.295. The second kappa shape index (κ2) is 10.5. The minimum atomic E-state index is -4.40. The summed E-state index contributed by atoms with van der Waals surface area (Å²) in [6, 6.07) is 10.1. The van der Waals surface area contributed by atoms with Gasteiger partial charge in [0, 0.05) is 18.8 Å². The number of rotatable bonds is 8. The highest BCUT2D eigenvalue weighted by Gasteiger charge is 2.33. The number of hydrogen-bond acceptors (Lipinski definition) is 8. The number of nitrogens with zero attached hydrogens (tertiary/aromatic N) is 3. The Morgan fingerprint density at radius 2 is 1.81 bits per heavy atom. The molecule has 3 rings (SSSR count). The van der Waals surface area contributed by atoms with E-state index in [1.54, 1.807) is 30.0 Å². The topological polar surface area (TPSA) is 154 Å². The van der Waals surface area contributed by atoms with Crippen LogP contribution in [0.3, 0.4) is 0 Å². The van der Waals surface area contributed by atoms with E-state index in [0.717, 1.165) is 28.4 Å². The summed E-state index contributed by atoms with van der Waals surface area (Å²) in [7, 11) is -8.51. The SMILES string of the molecule is C#COC1=NN(c2ccc(S(=O)(=O)O)cc2)C(=O)/C1=C\c1ccc(N(CC)CCS(=O)(=O)O)cc1C. The van der Waals surface area contributed by atoms with Gasteiger partial charge in [-0.3, -0.25) is 13.9 Å². The van der Waals surface area contributed by atoms with Gasteiger partial charge in [0.25, 0.3) is 32.0 Å². The summed E-state index contributed by atoms with van der Waals surface area (Å²) >= 11 is 0. The number of aryl methyl sites for hydroxylation is 1. The van der Waals surface area contributed by atoms with E-state index in [1.165, 1.54) is 12.1 Å². The zero-order valence-corrected chi connectivity index (χ0v) is 21.0. The molecule has 11 nitrogen and oxygen atoms in total. The van der Waals surface area contributed by atoms with Gasteiger partial charge in [-0.1, -0.05) is 12.5 Å². The monoisotopic (exact) mass is 533 g/mol. The fourth-order valence-corrected chi connectivity index (χ4v) is 4.39. The smallest absolute Gasteiger partial charge is 0.294 e. The minimum absolute atomic E-state index is 0.0568. The first kappa shape index (κ1) is 26.9. The van der Waals surface area contributed by atoms with Gasteiger partial charge in [-0.2, -0.15) is 21.8 Å². The van der Waals surface area contributed by atoms with Crippen molar-refractivity contribution >= 4 is 49.5 Å². The Morgan fingerprint density at radius 1 is 1.14 bits per heavy atom. The Labute approximate surface area is 209 Å². The van der Waals surface area contributed by atoms with Crippen LogP contribution in [-0.4, -0.2) is 56.6 Å². The van der Waals surface area contributed by atoms with Crippen molar-refractivity contribution in [2.24, 2.45) is 5.10 Å². The van der Waals surface area contributed by atoms with Crippen LogP contribution in [0.15, 0.2) is 58.0 Å². The molecule has 1 aliphatic heterocycles. The second-order valence-corrected chi connectivity index (χ2v) is 10.7. The van der Waals surface area contributed by atoms with Crippen LogP contribution >= 0.6 is 0 Å². The van der Waals surface area contributed by atoms with Gasteiger partial charge in [0.05, 0.1) is 16.3 Å². The first-order chi connectivity index (χ1) is 16.8. The van der Waals surface area contributed by atoms with E-state index in [9.17, 15) is 21.6 Å². The average molecular weight is 534 g/mol. The summed E-state index contributed by atoms with van der Waals surface area (Å²) in [6.07, 6.45) is 8.77. The summed E-state index contributed by atoms with van der Waals surface area (Å²) in [5.74, 6) is -1.12. The number of amides is 1. The number of carbonyl (C=O) groups excluding carboxylic acids is 1. The molecule has 2 N–H and O–H groups in total. The molecule has 0 unspecified atom stereocenters. The summed E-state index contributed by atoms with van der Waals surface area (Å²) < 4.78 is 68.1. The Morgan fingerprint density at radius 3 is 2.33 bits per heavy atom. The number of ether oxygens (including phenoxy) is 1. The summed E-state index contributed by atoms with van der Waals surface area (Å²) in [5.41, 5.74) is 2.41. The Kier molecular flexibility index (Phi) is 7.85. The first-order valence-electron chi connectivity index (χ1n) is 10.5. The number of anilines is 2. The Hall–Kier alpha value is -3.70. The molecule has 1 aliphatic rings. The van der Waals surface area contributed by atoms with Crippen LogP contribution in [-0.2, 0) is 29.8 Å². The number of hydrazone groups is 1. The van der Waals surface area contributed by atoms with Crippen molar-refractivity contribution in [1.82, 2.24) is 0 Å². The molecule has 0 saturated carbocycles. The molecule has 2 aromatic carbocycles. The van der Waals surface area contributed by atoms with Crippen LogP contribution in [0.2, 0.25) is 0 Å². The summed E-state index contributed by atoms with van der Waals surface area (Å²) in [4.78, 5) is 14.6. The molecule has 0 bridgehead atoms. The molecule has 36 heavy (non-hydrogen) atoms. The predicted octanol–water partition coefficient (Wildman–Crippen LogP) is 2.31. The van der Waals surface area contributed by atoms with Gasteiger partial charge in [-0.25, -0.2) is 0 Å². The Balaban J connectivity index is 1.92. The van der Waals surface area contributed by atoms with Crippen molar-refractivity contribution in [2.75, 3.05) is 28.8 Å². The van der Waals surface area contributed by atoms with Crippen molar-refractivity contribution in [2.45, 2.75) is 18.7 Å². The number of hydrogen-bond donors (Lipinski definition) is 2. The molecular formula is C23H23N3O8S2. The van der Waals surface area contributed by atoms with E-state index < -0.39 is 31.9 Å².